The minimum Gasteiger partial charge on any atom is -0.242 e. The standard InChI is InChI=1S/C5H3N3S/c1-4-5(7-2-6-1)9-3-8-4/h1-3H/i3D. The van der Waals surface area contributed by atoms with Gasteiger partial charge in [-0.25, -0.2) is 15.0 Å². The topological polar surface area (TPSA) is 38.7 Å². The molecule has 0 amide bonds. The van der Waals surface area contributed by atoms with Gasteiger partial charge in [-0.05, 0) is 0 Å². The SMILES string of the molecule is [2H]c1nc2cncnc2s1. The average molecular weight is 138 g/mol. The third-order valence-corrected chi connectivity index (χ3v) is 1.66. The van der Waals surface area contributed by atoms with Crippen LogP contribution in [0, 0.1) is 0 Å². The van der Waals surface area contributed by atoms with Crippen LogP contribution in [0.3, 0.4) is 0 Å². The molecule has 2 aromatic rings. The lowest BCUT2D eigenvalue weighted by Gasteiger charge is -1.79. The number of rotatable bonds is 0. The summed E-state index contributed by atoms with van der Waals surface area (Å²) in [6.07, 6.45) is 3.07. The minimum atomic E-state index is 0.288. The van der Waals surface area contributed by atoms with Crippen molar-refractivity contribution in [3.05, 3.63) is 18.0 Å². The molecule has 0 N–H and O–H groups in total. The van der Waals surface area contributed by atoms with Crippen LogP contribution in [0.4, 0.5) is 0 Å². The second kappa shape index (κ2) is 1.73. The Balaban J connectivity index is 2.88. The fourth-order valence-corrected chi connectivity index (χ4v) is 1.11. The van der Waals surface area contributed by atoms with Crippen LogP contribution in [0.5, 0.6) is 0 Å². The van der Waals surface area contributed by atoms with Crippen molar-refractivity contribution in [2.24, 2.45) is 0 Å². The molecular weight excluding hydrogens is 134 g/mol. The number of fused-ring (bicyclic) bond motifs is 1. The molecule has 0 saturated carbocycles. The number of hydrogen-bond donors (Lipinski definition) is 0. The lowest BCUT2D eigenvalue weighted by molar-refractivity contribution is 1.22. The Labute approximate surface area is 56.8 Å². The Morgan fingerprint density at radius 2 is 2.56 bits per heavy atom. The highest BCUT2D eigenvalue weighted by Gasteiger charge is 1.92. The fourth-order valence-electron chi connectivity index (χ4n) is 0.582. The zero-order valence-corrected chi connectivity index (χ0v) is 5.22. The van der Waals surface area contributed by atoms with Gasteiger partial charge in [0, 0.05) is 0 Å². The van der Waals surface area contributed by atoms with Crippen LogP contribution in [0.25, 0.3) is 10.3 Å². The van der Waals surface area contributed by atoms with Crippen molar-refractivity contribution in [1.82, 2.24) is 15.0 Å². The summed E-state index contributed by atoms with van der Waals surface area (Å²) in [5.41, 5.74) is 0.994. The van der Waals surface area contributed by atoms with Crippen LogP contribution >= 0.6 is 11.3 Å². The van der Waals surface area contributed by atoms with Crippen LogP contribution in [-0.4, -0.2) is 15.0 Å². The summed E-state index contributed by atoms with van der Waals surface area (Å²) in [7, 11) is 0. The van der Waals surface area contributed by atoms with Gasteiger partial charge < -0.3 is 0 Å². The van der Waals surface area contributed by atoms with E-state index in [2.05, 4.69) is 15.0 Å². The van der Waals surface area contributed by atoms with E-state index in [1.807, 2.05) is 0 Å². The number of thiazole rings is 1. The van der Waals surface area contributed by atoms with E-state index in [4.69, 9.17) is 1.37 Å². The molecule has 0 fully saturated rings. The molecule has 0 aliphatic carbocycles. The fraction of sp³-hybridized carbons (Fsp3) is 0. The average Bonchev–Trinajstić information content (AvgIpc) is 2.27. The molecular formula is C5H3N3S. The normalized spacial score (nSPS) is 11.8. The van der Waals surface area contributed by atoms with Gasteiger partial charge in [0.05, 0.1) is 13.1 Å². The van der Waals surface area contributed by atoms with Crippen molar-refractivity contribution in [2.45, 2.75) is 0 Å². The van der Waals surface area contributed by atoms with Gasteiger partial charge in [-0.1, -0.05) is 0 Å². The van der Waals surface area contributed by atoms with E-state index >= 15 is 0 Å². The van der Waals surface area contributed by atoms with Gasteiger partial charge in [-0.3, -0.25) is 0 Å². The van der Waals surface area contributed by atoms with Crippen molar-refractivity contribution in [1.29, 1.82) is 0 Å². The molecule has 0 aromatic carbocycles. The van der Waals surface area contributed by atoms with Gasteiger partial charge >= 0.3 is 0 Å². The Hall–Kier alpha value is -1.03. The predicted octanol–water partition coefficient (Wildman–Crippen LogP) is 1.09. The molecule has 2 aromatic heterocycles. The van der Waals surface area contributed by atoms with Crippen molar-refractivity contribution in [2.75, 3.05) is 0 Å². The molecule has 0 radical (unpaired) electrons. The zero-order chi connectivity index (χ0) is 6.97. The van der Waals surface area contributed by atoms with Crippen molar-refractivity contribution < 1.29 is 1.37 Å². The van der Waals surface area contributed by atoms with E-state index in [0.29, 0.717) is 5.52 Å². The van der Waals surface area contributed by atoms with Crippen molar-refractivity contribution in [3.8, 4) is 0 Å². The van der Waals surface area contributed by atoms with Gasteiger partial charge in [0.25, 0.3) is 0 Å². The first-order valence-corrected chi connectivity index (χ1v) is 3.21. The molecule has 0 spiro atoms. The Morgan fingerprint density at radius 3 is 3.44 bits per heavy atom. The third kappa shape index (κ3) is 0.675. The van der Waals surface area contributed by atoms with Gasteiger partial charge in [-0.2, -0.15) is 0 Å². The van der Waals surface area contributed by atoms with Gasteiger partial charge in [0.1, 0.15) is 16.7 Å². The summed E-state index contributed by atoms with van der Waals surface area (Å²) in [6.45, 7) is 0. The summed E-state index contributed by atoms with van der Waals surface area (Å²) in [5.74, 6) is 0. The van der Waals surface area contributed by atoms with Crippen LogP contribution in [-0.2, 0) is 0 Å². The quantitative estimate of drug-likeness (QED) is 0.547. The Morgan fingerprint density at radius 1 is 1.56 bits per heavy atom. The second-order valence-electron chi connectivity index (χ2n) is 1.52. The summed E-state index contributed by atoms with van der Waals surface area (Å²) in [4.78, 5) is 12.4. The molecule has 0 aliphatic heterocycles. The van der Waals surface area contributed by atoms with Gasteiger partial charge in [0.2, 0.25) is 0 Å². The highest BCUT2D eigenvalue weighted by Crippen LogP contribution is 2.10. The highest BCUT2D eigenvalue weighted by molar-refractivity contribution is 7.16. The van der Waals surface area contributed by atoms with E-state index in [9.17, 15) is 0 Å². The first kappa shape index (κ1) is 3.90. The second-order valence-corrected chi connectivity index (χ2v) is 2.29. The highest BCUT2D eigenvalue weighted by atomic mass is 32.1. The molecule has 0 saturated heterocycles. The van der Waals surface area contributed by atoms with Gasteiger partial charge in [-0.15, -0.1) is 11.3 Å². The first-order chi connectivity index (χ1) is 4.86. The zero-order valence-electron chi connectivity index (χ0n) is 5.40. The van der Waals surface area contributed by atoms with E-state index in [-0.39, 0.29) is 5.49 Å². The van der Waals surface area contributed by atoms with Crippen LogP contribution in [0.1, 0.15) is 1.37 Å². The molecule has 0 aliphatic rings. The lowest BCUT2D eigenvalue weighted by Crippen LogP contribution is -1.73. The van der Waals surface area contributed by atoms with Crippen LogP contribution in [0.15, 0.2) is 18.0 Å². The summed E-state index contributed by atoms with van der Waals surface area (Å²) < 4.78 is 7.16. The smallest absolute Gasteiger partial charge is 0.146 e. The molecule has 44 valence electrons. The van der Waals surface area contributed by atoms with Crippen molar-refractivity contribution in [3.63, 3.8) is 0 Å². The predicted molar refractivity (Wildman–Crippen MR) is 35.2 cm³/mol. The summed E-state index contributed by atoms with van der Waals surface area (Å²) in [6, 6.07) is 0. The van der Waals surface area contributed by atoms with E-state index < -0.39 is 0 Å². The molecule has 9 heavy (non-hydrogen) atoms. The number of hydrogen-bond acceptors (Lipinski definition) is 4. The molecule has 0 unspecified atom stereocenters. The molecule has 0 atom stereocenters. The number of aromatic nitrogens is 3. The summed E-state index contributed by atoms with van der Waals surface area (Å²) >= 11 is 1.26. The molecule has 4 heteroatoms. The van der Waals surface area contributed by atoms with Gasteiger partial charge in [0.15, 0.2) is 0 Å². The van der Waals surface area contributed by atoms with Crippen LogP contribution in [0.2, 0.25) is 0 Å². The lowest BCUT2D eigenvalue weighted by atomic mass is 10.6. The maximum atomic E-state index is 7.16. The largest absolute Gasteiger partial charge is 0.242 e. The Bertz CT molecular complexity index is 325. The monoisotopic (exact) mass is 138 g/mol. The maximum Gasteiger partial charge on any atom is 0.146 e. The van der Waals surface area contributed by atoms with E-state index in [1.54, 1.807) is 6.20 Å². The Kier molecular flexibility index (Phi) is 0.750. The van der Waals surface area contributed by atoms with Crippen LogP contribution < -0.4 is 0 Å². The van der Waals surface area contributed by atoms with E-state index in [0.717, 1.165) is 4.83 Å². The van der Waals surface area contributed by atoms with E-state index in [1.165, 1.54) is 17.7 Å². The maximum absolute atomic E-state index is 7.16. The van der Waals surface area contributed by atoms with Crippen molar-refractivity contribution >= 4 is 21.7 Å². The minimum absolute atomic E-state index is 0.288. The molecule has 0 bridgehead atoms. The summed E-state index contributed by atoms with van der Waals surface area (Å²) in [5, 5.41) is 0. The molecule has 2 heterocycles. The molecule has 2 rings (SSSR count). The molecule has 3 nitrogen and oxygen atoms in total. The first-order valence-electron chi connectivity index (χ1n) is 2.89. The number of nitrogens with zero attached hydrogens (tertiary/aromatic N) is 3. The third-order valence-electron chi connectivity index (χ3n) is 0.966.